The van der Waals surface area contributed by atoms with E-state index in [1.54, 1.807) is 17.6 Å². The lowest BCUT2D eigenvalue weighted by Crippen LogP contribution is -2.19. The molecule has 0 atom stereocenters. The molecule has 1 heterocycles. The second-order valence-corrected chi connectivity index (χ2v) is 6.07. The zero-order chi connectivity index (χ0) is 16.6. The van der Waals surface area contributed by atoms with Gasteiger partial charge in [-0.15, -0.1) is 11.3 Å². The molecule has 0 saturated carbocycles. The highest BCUT2D eigenvalue weighted by molar-refractivity contribution is 7.10. The van der Waals surface area contributed by atoms with Gasteiger partial charge in [-0.3, -0.25) is 4.79 Å². The van der Waals surface area contributed by atoms with Crippen LogP contribution in [0.1, 0.15) is 10.4 Å². The van der Waals surface area contributed by atoms with Crippen LogP contribution in [-0.2, 0) is 11.2 Å². The van der Waals surface area contributed by atoms with E-state index in [0.717, 1.165) is 21.9 Å². The number of ether oxygens (including phenoxy) is 1. The first-order valence-electron chi connectivity index (χ1n) is 7.47. The van der Waals surface area contributed by atoms with Crippen molar-refractivity contribution in [3.63, 3.8) is 0 Å². The third-order valence-electron chi connectivity index (χ3n) is 3.15. The van der Waals surface area contributed by atoms with E-state index >= 15 is 0 Å². The maximum Gasteiger partial charge on any atom is 0.245 e. The average Bonchev–Trinajstić information content (AvgIpc) is 3.09. The fourth-order valence-corrected chi connectivity index (χ4v) is 2.78. The zero-order valence-electron chi connectivity index (χ0n) is 12.9. The van der Waals surface area contributed by atoms with Crippen LogP contribution in [0, 0.1) is 0 Å². The molecule has 0 aliphatic carbocycles. The number of para-hydroxylation sites is 1. The number of amides is 1. The van der Waals surface area contributed by atoms with E-state index < -0.39 is 0 Å². The van der Waals surface area contributed by atoms with Crippen molar-refractivity contribution >= 4 is 23.5 Å². The minimum atomic E-state index is -0.134. The fraction of sp³-hybridized carbons (Fsp3) is 0.0526. The third kappa shape index (κ3) is 4.79. The second-order valence-electron chi connectivity index (χ2n) is 5.04. The fourth-order valence-electron chi connectivity index (χ4n) is 2.07. The van der Waals surface area contributed by atoms with E-state index in [9.17, 15) is 4.79 Å². The highest BCUT2D eigenvalue weighted by atomic mass is 32.1. The summed E-state index contributed by atoms with van der Waals surface area (Å²) in [6.45, 7) is 0. The number of thiophene rings is 1. The highest BCUT2D eigenvalue weighted by Gasteiger charge is 2.02. The summed E-state index contributed by atoms with van der Waals surface area (Å²) >= 11 is 1.55. The summed E-state index contributed by atoms with van der Waals surface area (Å²) in [5, 5.41) is 5.94. The molecule has 0 aliphatic heterocycles. The van der Waals surface area contributed by atoms with Crippen LogP contribution in [0.25, 0.3) is 0 Å². The van der Waals surface area contributed by atoms with Gasteiger partial charge in [0.15, 0.2) is 0 Å². The Bertz CT molecular complexity index is 814. The first-order valence-corrected chi connectivity index (χ1v) is 8.35. The van der Waals surface area contributed by atoms with Crippen molar-refractivity contribution in [1.82, 2.24) is 5.43 Å². The molecule has 1 aromatic heterocycles. The molecular weight excluding hydrogens is 320 g/mol. The van der Waals surface area contributed by atoms with Crippen molar-refractivity contribution in [2.24, 2.45) is 5.10 Å². The molecule has 0 aliphatic rings. The number of hydrazone groups is 1. The molecule has 0 unspecified atom stereocenters. The van der Waals surface area contributed by atoms with Gasteiger partial charge in [0.1, 0.15) is 11.5 Å². The van der Waals surface area contributed by atoms with Crippen molar-refractivity contribution in [3.05, 3.63) is 82.6 Å². The maximum atomic E-state index is 11.8. The first kappa shape index (κ1) is 16.0. The molecule has 3 aromatic rings. The molecule has 0 fully saturated rings. The van der Waals surface area contributed by atoms with Crippen LogP contribution in [0.3, 0.4) is 0 Å². The summed E-state index contributed by atoms with van der Waals surface area (Å²) in [6.07, 6.45) is 1.94. The number of carbonyl (C=O) groups is 1. The number of carbonyl (C=O) groups excluding carboxylic acids is 1. The number of nitrogens with zero attached hydrogens (tertiary/aromatic N) is 1. The van der Waals surface area contributed by atoms with Gasteiger partial charge in [-0.25, -0.2) is 5.43 Å². The third-order valence-corrected chi connectivity index (χ3v) is 4.03. The monoisotopic (exact) mass is 336 g/mol. The molecule has 24 heavy (non-hydrogen) atoms. The molecule has 0 bridgehead atoms. The Morgan fingerprint density at radius 3 is 2.67 bits per heavy atom. The zero-order valence-corrected chi connectivity index (χ0v) is 13.7. The van der Waals surface area contributed by atoms with E-state index in [4.69, 9.17) is 4.74 Å². The summed E-state index contributed by atoms with van der Waals surface area (Å²) in [6, 6.07) is 20.9. The van der Waals surface area contributed by atoms with E-state index in [0.29, 0.717) is 6.42 Å². The smallest absolute Gasteiger partial charge is 0.245 e. The summed E-state index contributed by atoms with van der Waals surface area (Å²) in [4.78, 5) is 12.8. The molecule has 120 valence electrons. The van der Waals surface area contributed by atoms with E-state index in [1.807, 2.05) is 72.1 Å². The van der Waals surface area contributed by atoms with Crippen molar-refractivity contribution in [2.75, 3.05) is 0 Å². The number of hydrogen-bond donors (Lipinski definition) is 1. The van der Waals surface area contributed by atoms with Crippen molar-refractivity contribution in [3.8, 4) is 11.5 Å². The molecule has 1 amide bonds. The van der Waals surface area contributed by atoms with Gasteiger partial charge < -0.3 is 4.74 Å². The van der Waals surface area contributed by atoms with Crippen molar-refractivity contribution in [1.29, 1.82) is 0 Å². The van der Waals surface area contributed by atoms with Crippen LogP contribution >= 0.6 is 11.3 Å². The number of benzene rings is 2. The van der Waals surface area contributed by atoms with Crippen LogP contribution in [0.2, 0.25) is 0 Å². The molecule has 0 saturated heterocycles. The molecule has 3 rings (SSSR count). The van der Waals surface area contributed by atoms with E-state index in [2.05, 4.69) is 10.5 Å². The van der Waals surface area contributed by atoms with Gasteiger partial charge in [0, 0.05) is 4.88 Å². The van der Waals surface area contributed by atoms with E-state index in [1.165, 1.54) is 0 Å². The Morgan fingerprint density at radius 2 is 1.88 bits per heavy atom. The Balaban J connectivity index is 1.57. The lowest BCUT2D eigenvalue weighted by atomic mass is 10.2. The van der Waals surface area contributed by atoms with Crippen LogP contribution < -0.4 is 10.2 Å². The van der Waals surface area contributed by atoms with Gasteiger partial charge in [-0.1, -0.05) is 36.4 Å². The van der Waals surface area contributed by atoms with Gasteiger partial charge in [-0.2, -0.15) is 5.10 Å². The second kappa shape index (κ2) is 8.08. The summed E-state index contributed by atoms with van der Waals surface area (Å²) in [5.74, 6) is 1.36. The van der Waals surface area contributed by atoms with Crippen molar-refractivity contribution in [2.45, 2.75) is 6.42 Å². The quantitative estimate of drug-likeness (QED) is 0.541. The minimum Gasteiger partial charge on any atom is -0.457 e. The largest absolute Gasteiger partial charge is 0.457 e. The Labute approximate surface area is 144 Å². The Morgan fingerprint density at radius 1 is 1.04 bits per heavy atom. The highest BCUT2D eigenvalue weighted by Crippen LogP contribution is 2.21. The van der Waals surface area contributed by atoms with Crippen LogP contribution in [-0.4, -0.2) is 12.1 Å². The lowest BCUT2D eigenvalue weighted by molar-refractivity contribution is -0.120. The van der Waals surface area contributed by atoms with Gasteiger partial charge in [0.25, 0.3) is 0 Å². The SMILES string of the molecule is O=C(Cc1cccs1)N/N=C/c1cccc(Oc2ccccc2)c1. The van der Waals surface area contributed by atoms with E-state index in [-0.39, 0.29) is 5.91 Å². The van der Waals surface area contributed by atoms with Crippen molar-refractivity contribution < 1.29 is 9.53 Å². The van der Waals surface area contributed by atoms with Gasteiger partial charge >= 0.3 is 0 Å². The van der Waals surface area contributed by atoms with Gasteiger partial charge in [-0.05, 0) is 41.3 Å². The normalized spacial score (nSPS) is 10.7. The molecule has 0 spiro atoms. The maximum absolute atomic E-state index is 11.8. The topological polar surface area (TPSA) is 50.7 Å². The minimum absolute atomic E-state index is 0.134. The number of nitrogens with one attached hydrogen (secondary N) is 1. The standard InChI is InChI=1S/C19H16N2O2S/c22-19(13-18-10-5-11-24-18)21-20-14-15-6-4-9-17(12-15)23-16-7-2-1-3-8-16/h1-12,14H,13H2,(H,21,22)/b20-14+. The molecular formula is C19H16N2O2S. The molecule has 1 N–H and O–H groups in total. The average molecular weight is 336 g/mol. The summed E-state index contributed by atoms with van der Waals surface area (Å²) in [5.41, 5.74) is 3.38. The Kier molecular flexibility index (Phi) is 5.37. The Hall–Kier alpha value is -2.92. The number of rotatable bonds is 6. The summed E-state index contributed by atoms with van der Waals surface area (Å²) < 4.78 is 5.77. The van der Waals surface area contributed by atoms with Crippen LogP contribution in [0.15, 0.2) is 77.2 Å². The van der Waals surface area contributed by atoms with Crippen LogP contribution in [0.4, 0.5) is 0 Å². The predicted molar refractivity (Wildman–Crippen MR) is 96.7 cm³/mol. The molecule has 0 radical (unpaired) electrons. The molecule has 2 aromatic carbocycles. The molecule has 5 heteroatoms. The first-order chi connectivity index (χ1) is 11.8. The summed E-state index contributed by atoms with van der Waals surface area (Å²) in [7, 11) is 0. The number of hydrogen-bond acceptors (Lipinski definition) is 4. The molecule has 4 nitrogen and oxygen atoms in total. The van der Waals surface area contributed by atoms with Crippen LogP contribution in [0.5, 0.6) is 11.5 Å². The van der Waals surface area contributed by atoms with Gasteiger partial charge in [0.2, 0.25) is 5.91 Å². The lowest BCUT2D eigenvalue weighted by Gasteiger charge is -2.05. The van der Waals surface area contributed by atoms with Gasteiger partial charge in [0.05, 0.1) is 12.6 Å². The predicted octanol–water partition coefficient (Wildman–Crippen LogP) is 4.23.